The van der Waals surface area contributed by atoms with Crippen molar-refractivity contribution in [1.29, 1.82) is 0 Å². The van der Waals surface area contributed by atoms with Gasteiger partial charge in [-0.25, -0.2) is 0 Å². The van der Waals surface area contributed by atoms with Gasteiger partial charge in [0.15, 0.2) is 0 Å². The van der Waals surface area contributed by atoms with E-state index in [-0.39, 0.29) is 5.91 Å². The van der Waals surface area contributed by atoms with Gasteiger partial charge >= 0.3 is 0 Å². The SMILES string of the molecule is Cc1nn(C)c(Cl)c1CNCCC(N)=O. The molecule has 0 aliphatic rings. The van der Waals surface area contributed by atoms with Crippen molar-refractivity contribution in [1.82, 2.24) is 15.1 Å². The molecule has 84 valence electrons. The number of aromatic nitrogens is 2. The Balaban J connectivity index is 2.47. The highest BCUT2D eigenvalue weighted by Gasteiger charge is 2.10. The Morgan fingerprint density at radius 2 is 2.33 bits per heavy atom. The van der Waals surface area contributed by atoms with E-state index in [1.807, 2.05) is 6.92 Å². The first-order chi connectivity index (χ1) is 7.02. The van der Waals surface area contributed by atoms with Gasteiger partial charge in [-0.3, -0.25) is 9.48 Å². The number of hydrogen-bond donors (Lipinski definition) is 2. The first-order valence-corrected chi connectivity index (χ1v) is 5.07. The molecule has 3 N–H and O–H groups in total. The molecule has 5 nitrogen and oxygen atoms in total. The summed E-state index contributed by atoms with van der Waals surface area (Å²) in [6.45, 7) is 3.06. The third-order valence-electron chi connectivity index (χ3n) is 2.12. The number of primary amides is 1. The Labute approximate surface area is 93.6 Å². The summed E-state index contributed by atoms with van der Waals surface area (Å²) in [5.74, 6) is -0.309. The van der Waals surface area contributed by atoms with Crippen LogP contribution in [0.25, 0.3) is 0 Å². The molecule has 0 saturated carbocycles. The lowest BCUT2D eigenvalue weighted by Gasteiger charge is -2.02. The van der Waals surface area contributed by atoms with Crippen molar-refractivity contribution in [3.8, 4) is 0 Å². The van der Waals surface area contributed by atoms with Crippen LogP contribution in [-0.4, -0.2) is 22.2 Å². The molecule has 1 amide bonds. The summed E-state index contributed by atoms with van der Waals surface area (Å²) < 4.78 is 1.63. The number of nitrogens with zero attached hydrogens (tertiary/aromatic N) is 2. The minimum Gasteiger partial charge on any atom is -0.370 e. The number of nitrogens with one attached hydrogen (secondary N) is 1. The molecule has 0 fully saturated rings. The lowest BCUT2D eigenvalue weighted by molar-refractivity contribution is -0.117. The molecular weight excluding hydrogens is 216 g/mol. The van der Waals surface area contributed by atoms with Crippen LogP contribution in [0.5, 0.6) is 0 Å². The number of carbonyl (C=O) groups excluding carboxylic acids is 1. The number of halogens is 1. The number of rotatable bonds is 5. The van der Waals surface area contributed by atoms with E-state index < -0.39 is 0 Å². The van der Waals surface area contributed by atoms with Crippen molar-refractivity contribution in [2.24, 2.45) is 12.8 Å². The fourth-order valence-corrected chi connectivity index (χ4v) is 1.54. The Hall–Kier alpha value is -1.07. The molecule has 1 aromatic rings. The van der Waals surface area contributed by atoms with Gasteiger partial charge in [0.25, 0.3) is 0 Å². The maximum Gasteiger partial charge on any atom is 0.218 e. The van der Waals surface area contributed by atoms with Gasteiger partial charge in [-0.05, 0) is 6.92 Å². The van der Waals surface area contributed by atoms with Crippen LogP contribution in [0, 0.1) is 6.92 Å². The van der Waals surface area contributed by atoms with Gasteiger partial charge in [0, 0.05) is 32.1 Å². The average Bonchev–Trinajstić information content (AvgIpc) is 2.37. The van der Waals surface area contributed by atoms with Crippen LogP contribution in [0.4, 0.5) is 0 Å². The van der Waals surface area contributed by atoms with Crippen LogP contribution >= 0.6 is 11.6 Å². The van der Waals surface area contributed by atoms with Crippen LogP contribution in [0.2, 0.25) is 5.15 Å². The molecule has 0 aliphatic heterocycles. The Bertz CT molecular complexity index is 361. The largest absolute Gasteiger partial charge is 0.370 e. The van der Waals surface area contributed by atoms with E-state index in [9.17, 15) is 4.79 Å². The molecule has 1 rings (SSSR count). The van der Waals surface area contributed by atoms with Crippen LogP contribution < -0.4 is 11.1 Å². The molecule has 0 unspecified atom stereocenters. The van der Waals surface area contributed by atoms with Crippen LogP contribution in [0.3, 0.4) is 0 Å². The summed E-state index contributed by atoms with van der Waals surface area (Å²) >= 11 is 6.02. The van der Waals surface area contributed by atoms with E-state index in [2.05, 4.69) is 10.4 Å². The Kier molecular flexibility index (Phi) is 4.11. The summed E-state index contributed by atoms with van der Waals surface area (Å²) in [6, 6.07) is 0. The van der Waals surface area contributed by atoms with Gasteiger partial charge in [-0.2, -0.15) is 5.10 Å². The van der Waals surface area contributed by atoms with E-state index >= 15 is 0 Å². The fourth-order valence-electron chi connectivity index (χ4n) is 1.30. The number of nitrogens with two attached hydrogens (primary N) is 1. The molecule has 0 saturated heterocycles. The molecule has 1 heterocycles. The summed E-state index contributed by atoms with van der Waals surface area (Å²) in [5.41, 5.74) is 6.87. The normalized spacial score (nSPS) is 10.6. The van der Waals surface area contributed by atoms with Crippen LogP contribution in [0.15, 0.2) is 0 Å². The predicted molar refractivity (Wildman–Crippen MR) is 58.5 cm³/mol. The lowest BCUT2D eigenvalue weighted by Crippen LogP contribution is -2.21. The van der Waals surface area contributed by atoms with Crippen LogP contribution in [-0.2, 0) is 18.4 Å². The van der Waals surface area contributed by atoms with Gasteiger partial charge < -0.3 is 11.1 Å². The van der Waals surface area contributed by atoms with Crippen molar-refractivity contribution in [2.75, 3.05) is 6.54 Å². The van der Waals surface area contributed by atoms with Gasteiger partial charge in [0.05, 0.1) is 5.69 Å². The van der Waals surface area contributed by atoms with E-state index in [0.717, 1.165) is 11.3 Å². The molecule has 6 heteroatoms. The highest BCUT2D eigenvalue weighted by atomic mass is 35.5. The maximum atomic E-state index is 10.5. The minimum atomic E-state index is -0.309. The van der Waals surface area contributed by atoms with Crippen molar-refractivity contribution in [3.63, 3.8) is 0 Å². The number of amides is 1. The molecule has 1 aromatic heterocycles. The maximum absolute atomic E-state index is 10.5. The number of carbonyl (C=O) groups is 1. The molecule has 15 heavy (non-hydrogen) atoms. The topological polar surface area (TPSA) is 72.9 Å². The molecule has 0 aliphatic carbocycles. The van der Waals surface area contributed by atoms with E-state index in [0.29, 0.717) is 24.7 Å². The van der Waals surface area contributed by atoms with Gasteiger partial charge in [0.1, 0.15) is 5.15 Å². The zero-order valence-electron chi connectivity index (χ0n) is 8.88. The summed E-state index contributed by atoms with van der Waals surface area (Å²) in [5, 5.41) is 7.89. The number of hydrogen-bond acceptors (Lipinski definition) is 3. The highest BCUT2D eigenvalue weighted by Crippen LogP contribution is 2.17. The molecule has 0 aromatic carbocycles. The molecule has 0 bridgehead atoms. The predicted octanol–water partition coefficient (Wildman–Crippen LogP) is 0.347. The zero-order chi connectivity index (χ0) is 11.4. The third kappa shape index (κ3) is 3.21. The smallest absolute Gasteiger partial charge is 0.218 e. The average molecular weight is 231 g/mol. The van der Waals surface area contributed by atoms with Crippen molar-refractivity contribution < 1.29 is 4.79 Å². The fraction of sp³-hybridized carbons (Fsp3) is 0.556. The standard InChI is InChI=1S/C9H15ClN4O/c1-6-7(9(10)14(2)13-6)5-12-4-3-8(11)15/h12H,3-5H2,1-2H3,(H2,11,15). The summed E-state index contributed by atoms with van der Waals surface area (Å²) in [4.78, 5) is 10.5. The Morgan fingerprint density at radius 1 is 1.67 bits per heavy atom. The van der Waals surface area contributed by atoms with E-state index in [1.165, 1.54) is 0 Å². The third-order valence-corrected chi connectivity index (χ3v) is 2.59. The summed E-state index contributed by atoms with van der Waals surface area (Å²) in [7, 11) is 1.79. The van der Waals surface area contributed by atoms with E-state index in [1.54, 1.807) is 11.7 Å². The molecule has 0 radical (unpaired) electrons. The van der Waals surface area contributed by atoms with Crippen LogP contribution in [0.1, 0.15) is 17.7 Å². The van der Waals surface area contributed by atoms with Gasteiger partial charge in [0.2, 0.25) is 5.91 Å². The van der Waals surface area contributed by atoms with E-state index in [4.69, 9.17) is 17.3 Å². The van der Waals surface area contributed by atoms with Crippen molar-refractivity contribution in [2.45, 2.75) is 19.9 Å². The molecular formula is C9H15ClN4O. The highest BCUT2D eigenvalue weighted by molar-refractivity contribution is 6.30. The quantitative estimate of drug-likeness (QED) is 0.717. The second-order valence-corrected chi connectivity index (χ2v) is 3.73. The summed E-state index contributed by atoms with van der Waals surface area (Å²) in [6.07, 6.45) is 0.330. The first-order valence-electron chi connectivity index (χ1n) is 4.69. The van der Waals surface area contributed by atoms with Crippen molar-refractivity contribution >= 4 is 17.5 Å². The number of aryl methyl sites for hydroxylation is 2. The zero-order valence-corrected chi connectivity index (χ0v) is 9.64. The lowest BCUT2D eigenvalue weighted by atomic mass is 10.2. The Morgan fingerprint density at radius 3 is 2.80 bits per heavy atom. The van der Waals surface area contributed by atoms with Gasteiger partial charge in [-0.15, -0.1) is 0 Å². The molecule has 0 atom stereocenters. The molecule has 0 spiro atoms. The second-order valence-electron chi connectivity index (χ2n) is 3.37. The first kappa shape index (κ1) is 12.0. The van der Waals surface area contributed by atoms with Gasteiger partial charge in [-0.1, -0.05) is 11.6 Å². The second kappa shape index (κ2) is 5.14. The minimum absolute atomic E-state index is 0.309. The van der Waals surface area contributed by atoms with Crippen molar-refractivity contribution in [3.05, 3.63) is 16.4 Å². The monoisotopic (exact) mass is 230 g/mol.